The molecule has 3 amide bonds. The molecule has 1 saturated heterocycles. The van der Waals surface area contributed by atoms with E-state index >= 15 is 0 Å². The minimum absolute atomic E-state index is 0.0303. The van der Waals surface area contributed by atoms with Crippen LogP contribution in [0.25, 0.3) is 0 Å². The Balaban J connectivity index is 1.93. The number of rotatable bonds is 6. The zero-order chi connectivity index (χ0) is 20.5. The minimum Gasteiger partial charge on any atom is -0.494 e. The first-order valence-corrected chi connectivity index (χ1v) is 9.24. The molecule has 6 heteroatoms. The number of carbonyl (C=O) groups excluding carboxylic acids is 3. The molecule has 0 aromatic heterocycles. The van der Waals surface area contributed by atoms with Crippen molar-refractivity contribution in [3.63, 3.8) is 0 Å². The van der Waals surface area contributed by atoms with Crippen molar-refractivity contribution in [1.29, 1.82) is 0 Å². The molecule has 6 nitrogen and oxygen atoms in total. The quantitative estimate of drug-likeness (QED) is 0.614. The smallest absolute Gasteiger partial charge is 0.325 e. The van der Waals surface area contributed by atoms with Gasteiger partial charge in [0.1, 0.15) is 11.3 Å². The molecule has 2 aromatic rings. The lowest BCUT2D eigenvalue weighted by molar-refractivity contribution is -0.131. The second kappa shape index (κ2) is 7.46. The zero-order valence-electron chi connectivity index (χ0n) is 16.5. The fourth-order valence-corrected chi connectivity index (χ4v) is 3.31. The highest BCUT2D eigenvalue weighted by Gasteiger charge is 2.49. The molecule has 0 saturated carbocycles. The number of amides is 3. The van der Waals surface area contributed by atoms with Crippen LogP contribution in [0.1, 0.15) is 47.8 Å². The lowest BCUT2D eigenvalue weighted by Crippen LogP contribution is -2.40. The molecule has 1 N–H and O–H groups in total. The molecule has 0 bridgehead atoms. The van der Waals surface area contributed by atoms with E-state index in [9.17, 15) is 14.4 Å². The van der Waals surface area contributed by atoms with Crippen molar-refractivity contribution in [2.75, 3.05) is 6.61 Å². The average molecular weight is 380 g/mol. The van der Waals surface area contributed by atoms with Crippen LogP contribution in [0.3, 0.4) is 0 Å². The molecule has 2 aromatic carbocycles. The summed E-state index contributed by atoms with van der Waals surface area (Å²) in [5.41, 5.74) is 1.79. The molecule has 1 fully saturated rings. The largest absolute Gasteiger partial charge is 0.494 e. The number of nitrogens with one attached hydrogen (secondary N) is 1. The molecular weight excluding hydrogens is 356 g/mol. The van der Waals surface area contributed by atoms with Gasteiger partial charge < -0.3 is 10.1 Å². The van der Waals surface area contributed by atoms with E-state index in [1.807, 2.05) is 38.1 Å². The fourth-order valence-electron chi connectivity index (χ4n) is 3.31. The van der Waals surface area contributed by atoms with Crippen molar-refractivity contribution in [1.82, 2.24) is 10.2 Å². The van der Waals surface area contributed by atoms with Gasteiger partial charge in [-0.3, -0.25) is 14.5 Å². The highest BCUT2D eigenvalue weighted by molar-refractivity contribution is 6.07. The van der Waals surface area contributed by atoms with Crippen LogP contribution in [0, 0.1) is 6.92 Å². The maximum absolute atomic E-state index is 13.2. The van der Waals surface area contributed by atoms with Gasteiger partial charge in [0, 0.05) is 11.1 Å². The van der Waals surface area contributed by atoms with E-state index in [0.717, 1.165) is 11.1 Å². The highest BCUT2D eigenvalue weighted by atomic mass is 16.5. The number of carbonyl (C=O) groups is 3. The summed E-state index contributed by atoms with van der Waals surface area (Å²) in [7, 11) is 0. The number of ether oxygens (including phenoxy) is 1. The van der Waals surface area contributed by atoms with Crippen LogP contribution in [-0.4, -0.2) is 29.2 Å². The van der Waals surface area contributed by atoms with Crippen LogP contribution in [-0.2, 0) is 16.9 Å². The number of imide groups is 1. The Hall–Kier alpha value is -3.15. The number of urea groups is 1. The summed E-state index contributed by atoms with van der Waals surface area (Å²) in [6.45, 7) is 7.46. The summed E-state index contributed by atoms with van der Waals surface area (Å²) in [6.07, 6.45) is 0. The number of nitrogens with zero attached hydrogens (tertiary/aromatic N) is 1. The van der Waals surface area contributed by atoms with Crippen molar-refractivity contribution < 1.29 is 19.1 Å². The Bertz CT molecular complexity index is 936. The Morgan fingerprint density at radius 3 is 2.43 bits per heavy atom. The monoisotopic (exact) mass is 380 g/mol. The van der Waals surface area contributed by atoms with Gasteiger partial charge in [0.25, 0.3) is 5.91 Å². The van der Waals surface area contributed by atoms with Gasteiger partial charge in [0.05, 0.1) is 13.2 Å². The molecule has 1 aliphatic rings. The number of ketones is 1. The van der Waals surface area contributed by atoms with E-state index in [-0.39, 0.29) is 18.2 Å². The van der Waals surface area contributed by atoms with Crippen LogP contribution < -0.4 is 10.1 Å². The SMILES string of the molecule is CCOc1ccc(C(C)=O)cc1CN1C(=O)N[C@](C)(c2ccc(C)cc2)C1=O. The van der Waals surface area contributed by atoms with Gasteiger partial charge >= 0.3 is 6.03 Å². The Morgan fingerprint density at radius 1 is 1.14 bits per heavy atom. The maximum atomic E-state index is 13.2. The van der Waals surface area contributed by atoms with Crippen molar-refractivity contribution in [3.05, 3.63) is 64.7 Å². The van der Waals surface area contributed by atoms with E-state index in [2.05, 4.69) is 5.32 Å². The number of Topliss-reactive ketones (excluding diaryl/α,β-unsaturated/α-hetero) is 1. The van der Waals surface area contributed by atoms with Crippen molar-refractivity contribution >= 4 is 17.7 Å². The molecule has 0 radical (unpaired) electrons. The van der Waals surface area contributed by atoms with Gasteiger partial charge in [-0.05, 0) is 51.5 Å². The lowest BCUT2D eigenvalue weighted by atomic mass is 9.91. The predicted octanol–water partition coefficient (Wildman–Crippen LogP) is 3.56. The van der Waals surface area contributed by atoms with Crippen LogP contribution in [0.15, 0.2) is 42.5 Å². The van der Waals surface area contributed by atoms with Crippen LogP contribution in [0.5, 0.6) is 5.75 Å². The topological polar surface area (TPSA) is 75.7 Å². The van der Waals surface area contributed by atoms with E-state index in [0.29, 0.717) is 23.5 Å². The standard InChI is InChI=1S/C22H24N2O4/c1-5-28-19-11-8-16(15(3)25)12-17(19)13-24-20(26)22(4,23-21(24)27)18-9-6-14(2)7-10-18/h6-12H,5,13H2,1-4H3,(H,23,27)/t22-/m1/s1. The van der Waals surface area contributed by atoms with E-state index < -0.39 is 11.6 Å². The molecule has 1 atom stereocenters. The molecule has 0 spiro atoms. The fraction of sp³-hybridized carbons (Fsp3) is 0.318. The summed E-state index contributed by atoms with van der Waals surface area (Å²) in [5.74, 6) is 0.125. The molecule has 28 heavy (non-hydrogen) atoms. The van der Waals surface area contributed by atoms with Gasteiger partial charge in [0.15, 0.2) is 5.78 Å². The Labute approximate surface area is 164 Å². The third-order valence-corrected chi connectivity index (χ3v) is 5.00. The zero-order valence-corrected chi connectivity index (χ0v) is 16.5. The molecule has 1 aliphatic heterocycles. The summed E-state index contributed by atoms with van der Waals surface area (Å²) < 4.78 is 5.62. The molecule has 3 rings (SSSR count). The molecule has 0 unspecified atom stereocenters. The van der Waals surface area contributed by atoms with Gasteiger partial charge in [0.2, 0.25) is 0 Å². The van der Waals surface area contributed by atoms with Crippen LogP contribution in [0.2, 0.25) is 0 Å². The third-order valence-electron chi connectivity index (χ3n) is 5.00. The first-order valence-electron chi connectivity index (χ1n) is 9.24. The molecule has 1 heterocycles. The molecule has 0 aliphatic carbocycles. The highest BCUT2D eigenvalue weighted by Crippen LogP contribution is 2.31. The van der Waals surface area contributed by atoms with E-state index in [1.54, 1.807) is 25.1 Å². The van der Waals surface area contributed by atoms with E-state index in [1.165, 1.54) is 11.8 Å². The Morgan fingerprint density at radius 2 is 1.82 bits per heavy atom. The summed E-state index contributed by atoms with van der Waals surface area (Å²) in [5, 5.41) is 2.80. The molecular formula is C22H24N2O4. The van der Waals surface area contributed by atoms with Gasteiger partial charge in [-0.15, -0.1) is 0 Å². The predicted molar refractivity (Wildman–Crippen MR) is 105 cm³/mol. The lowest BCUT2D eigenvalue weighted by Gasteiger charge is -2.23. The summed E-state index contributed by atoms with van der Waals surface area (Å²) in [4.78, 5) is 38.7. The first-order chi connectivity index (χ1) is 13.3. The van der Waals surface area contributed by atoms with Crippen LogP contribution >= 0.6 is 0 Å². The van der Waals surface area contributed by atoms with Gasteiger partial charge in [-0.1, -0.05) is 29.8 Å². The first kappa shape index (κ1) is 19.6. The Kier molecular flexibility index (Phi) is 5.23. The van der Waals surface area contributed by atoms with Crippen molar-refractivity contribution in [2.45, 2.75) is 39.8 Å². The summed E-state index contributed by atoms with van der Waals surface area (Å²) >= 11 is 0. The van der Waals surface area contributed by atoms with Gasteiger partial charge in [-0.25, -0.2) is 4.79 Å². The number of hydrogen-bond acceptors (Lipinski definition) is 4. The number of hydrogen-bond donors (Lipinski definition) is 1. The minimum atomic E-state index is -1.13. The van der Waals surface area contributed by atoms with Gasteiger partial charge in [-0.2, -0.15) is 0 Å². The number of aryl methyl sites for hydroxylation is 1. The second-order valence-electron chi connectivity index (χ2n) is 7.12. The summed E-state index contributed by atoms with van der Waals surface area (Å²) in [6, 6.07) is 12.1. The average Bonchev–Trinajstić information content (AvgIpc) is 2.87. The molecule has 146 valence electrons. The normalized spacial score (nSPS) is 18.9. The van der Waals surface area contributed by atoms with E-state index in [4.69, 9.17) is 4.74 Å². The second-order valence-corrected chi connectivity index (χ2v) is 7.12. The number of benzene rings is 2. The van der Waals surface area contributed by atoms with Crippen LogP contribution in [0.4, 0.5) is 4.79 Å². The van der Waals surface area contributed by atoms with Crippen molar-refractivity contribution in [2.24, 2.45) is 0 Å². The third kappa shape index (κ3) is 3.50. The van der Waals surface area contributed by atoms with Crippen molar-refractivity contribution in [3.8, 4) is 5.75 Å². The maximum Gasteiger partial charge on any atom is 0.325 e.